The average Bonchev–Trinajstić information content (AvgIpc) is 2.34. The van der Waals surface area contributed by atoms with E-state index in [9.17, 15) is 9.18 Å². The van der Waals surface area contributed by atoms with E-state index in [0.29, 0.717) is 13.1 Å². The van der Waals surface area contributed by atoms with Gasteiger partial charge in [0.2, 0.25) is 0 Å². The number of carbonyl (C=O) groups is 1. The Kier molecular flexibility index (Phi) is 3.69. The van der Waals surface area contributed by atoms with Gasteiger partial charge in [0.1, 0.15) is 5.82 Å². The van der Waals surface area contributed by atoms with Crippen molar-refractivity contribution in [3.63, 3.8) is 0 Å². The Morgan fingerprint density at radius 2 is 2.11 bits per heavy atom. The van der Waals surface area contributed by atoms with Gasteiger partial charge in [-0.15, -0.1) is 0 Å². The molecule has 18 heavy (non-hydrogen) atoms. The molecule has 0 aromatic heterocycles. The van der Waals surface area contributed by atoms with Crippen LogP contribution < -0.4 is 5.32 Å². The highest BCUT2D eigenvalue weighted by molar-refractivity contribution is 5.65. The minimum atomic E-state index is -0.859. The van der Waals surface area contributed by atoms with Gasteiger partial charge >= 0.3 is 6.09 Å². The van der Waals surface area contributed by atoms with Crippen LogP contribution in [0.15, 0.2) is 24.3 Å². The summed E-state index contributed by atoms with van der Waals surface area (Å²) in [4.78, 5) is 12.3. The molecule has 4 nitrogen and oxygen atoms in total. The Morgan fingerprint density at radius 3 is 2.67 bits per heavy atom. The lowest BCUT2D eigenvalue weighted by Crippen LogP contribution is -2.47. The quantitative estimate of drug-likeness (QED) is 0.850. The summed E-state index contributed by atoms with van der Waals surface area (Å²) in [5.41, 5.74) is 0.872. The van der Waals surface area contributed by atoms with Gasteiger partial charge in [-0.1, -0.05) is 6.92 Å². The van der Waals surface area contributed by atoms with Crippen LogP contribution in [0.5, 0.6) is 0 Å². The molecule has 1 aromatic rings. The summed E-state index contributed by atoms with van der Waals surface area (Å²) >= 11 is 0. The standard InChI is InChI=1S/C13H17FN2O2/c1-9-8-16(13(17)18)7-6-12(9)15-11-4-2-10(14)3-5-11/h2-5,9,12,15H,6-8H2,1H3,(H,17,18)/t9-,12+/m1/s1. The highest BCUT2D eigenvalue weighted by Crippen LogP contribution is 2.21. The van der Waals surface area contributed by atoms with Crippen molar-refractivity contribution in [2.24, 2.45) is 5.92 Å². The number of hydrogen-bond donors (Lipinski definition) is 2. The molecule has 0 bridgehead atoms. The molecule has 1 aliphatic heterocycles. The van der Waals surface area contributed by atoms with Gasteiger partial charge in [0.05, 0.1) is 0 Å². The molecule has 5 heteroatoms. The van der Waals surface area contributed by atoms with Crippen molar-refractivity contribution < 1.29 is 14.3 Å². The average molecular weight is 252 g/mol. The van der Waals surface area contributed by atoms with E-state index in [2.05, 4.69) is 5.32 Å². The zero-order valence-electron chi connectivity index (χ0n) is 10.3. The van der Waals surface area contributed by atoms with Crippen molar-refractivity contribution >= 4 is 11.8 Å². The van der Waals surface area contributed by atoms with Crippen LogP contribution in [0.25, 0.3) is 0 Å². The Bertz CT molecular complexity index is 422. The molecule has 0 radical (unpaired) electrons. The van der Waals surface area contributed by atoms with Gasteiger partial charge in [0.25, 0.3) is 0 Å². The van der Waals surface area contributed by atoms with Gasteiger partial charge in [-0.25, -0.2) is 9.18 Å². The first-order valence-electron chi connectivity index (χ1n) is 6.06. The van der Waals surface area contributed by atoms with Crippen molar-refractivity contribution in [1.82, 2.24) is 4.90 Å². The Balaban J connectivity index is 1.95. The molecular weight excluding hydrogens is 235 g/mol. The summed E-state index contributed by atoms with van der Waals surface area (Å²) < 4.78 is 12.8. The largest absolute Gasteiger partial charge is 0.465 e. The van der Waals surface area contributed by atoms with E-state index >= 15 is 0 Å². The van der Waals surface area contributed by atoms with Crippen molar-refractivity contribution in [3.05, 3.63) is 30.1 Å². The maximum Gasteiger partial charge on any atom is 0.407 e. The van der Waals surface area contributed by atoms with Gasteiger partial charge in [-0.3, -0.25) is 0 Å². The number of hydrogen-bond acceptors (Lipinski definition) is 2. The van der Waals surface area contributed by atoms with Crippen molar-refractivity contribution in [3.8, 4) is 0 Å². The summed E-state index contributed by atoms with van der Waals surface area (Å²) in [5, 5.41) is 12.3. The number of halogens is 1. The first-order chi connectivity index (χ1) is 8.56. The number of anilines is 1. The molecule has 2 rings (SSSR count). The number of nitrogens with zero attached hydrogens (tertiary/aromatic N) is 1. The highest BCUT2D eigenvalue weighted by Gasteiger charge is 2.28. The highest BCUT2D eigenvalue weighted by atomic mass is 19.1. The molecule has 2 atom stereocenters. The van der Waals surface area contributed by atoms with Crippen LogP contribution in [-0.2, 0) is 0 Å². The third kappa shape index (κ3) is 2.91. The topological polar surface area (TPSA) is 52.6 Å². The van der Waals surface area contributed by atoms with E-state index in [1.54, 1.807) is 12.1 Å². The van der Waals surface area contributed by atoms with Gasteiger partial charge in [-0.05, 0) is 36.6 Å². The second kappa shape index (κ2) is 5.25. The fraction of sp³-hybridized carbons (Fsp3) is 0.462. The third-order valence-electron chi connectivity index (χ3n) is 3.37. The number of amides is 1. The predicted octanol–water partition coefficient (Wildman–Crippen LogP) is 2.63. The van der Waals surface area contributed by atoms with Crippen molar-refractivity contribution in [2.45, 2.75) is 19.4 Å². The van der Waals surface area contributed by atoms with Crippen LogP contribution in [-0.4, -0.2) is 35.2 Å². The van der Waals surface area contributed by atoms with Gasteiger partial charge in [-0.2, -0.15) is 0 Å². The number of piperidine rings is 1. The summed E-state index contributed by atoms with van der Waals surface area (Å²) in [6.45, 7) is 3.10. The molecule has 1 aliphatic rings. The van der Waals surface area contributed by atoms with Crippen LogP contribution in [0, 0.1) is 11.7 Å². The normalized spacial score (nSPS) is 23.8. The summed E-state index contributed by atoms with van der Waals surface area (Å²) in [6, 6.07) is 6.46. The van der Waals surface area contributed by atoms with Crippen molar-refractivity contribution in [2.75, 3.05) is 18.4 Å². The van der Waals surface area contributed by atoms with E-state index in [1.165, 1.54) is 17.0 Å². The van der Waals surface area contributed by atoms with Gasteiger partial charge < -0.3 is 15.3 Å². The first kappa shape index (κ1) is 12.7. The third-order valence-corrected chi connectivity index (χ3v) is 3.37. The first-order valence-corrected chi connectivity index (χ1v) is 6.06. The fourth-order valence-electron chi connectivity index (χ4n) is 2.29. The van der Waals surface area contributed by atoms with Crippen molar-refractivity contribution in [1.29, 1.82) is 0 Å². The lowest BCUT2D eigenvalue weighted by molar-refractivity contribution is 0.119. The van der Waals surface area contributed by atoms with Crippen LogP contribution >= 0.6 is 0 Å². The maximum absolute atomic E-state index is 12.8. The number of rotatable bonds is 2. The maximum atomic E-state index is 12.8. The minimum Gasteiger partial charge on any atom is -0.465 e. The number of benzene rings is 1. The SMILES string of the molecule is C[C@@H]1CN(C(=O)O)CC[C@@H]1Nc1ccc(F)cc1. The van der Waals surface area contributed by atoms with Crippen LogP contribution in [0.1, 0.15) is 13.3 Å². The number of nitrogens with one attached hydrogen (secondary N) is 1. The zero-order valence-corrected chi connectivity index (χ0v) is 10.3. The molecule has 0 saturated carbocycles. The van der Waals surface area contributed by atoms with E-state index in [4.69, 9.17) is 5.11 Å². The van der Waals surface area contributed by atoms with Crippen LogP contribution in [0.4, 0.5) is 14.9 Å². The van der Waals surface area contributed by atoms with Crippen LogP contribution in [0.2, 0.25) is 0 Å². The fourth-order valence-corrected chi connectivity index (χ4v) is 2.29. The molecule has 1 heterocycles. The van der Waals surface area contributed by atoms with E-state index in [0.717, 1.165) is 12.1 Å². The smallest absolute Gasteiger partial charge is 0.407 e. The Morgan fingerprint density at radius 1 is 1.44 bits per heavy atom. The molecule has 2 N–H and O–H groups in total. The summed E-state index contributed by atoms with van der Waals surface area (Å²) in [6.07, 6.45) is -0.0905. The number of carboxylic acid groups (broad SMARTS) is 1. The molecule has 1 amide bonds. The molecule has 1 fully saturated rings. The Hall–Kier alpha value is -1.78. The lowest BCUT2D eigenvalue weighted by Gasteiger charge is -2.36. The Labute approximate surface area is 105 Å². The second-order valence-electron chi connectivity index (χ2n) is 4.75. The summed E-state index contributed by atoms with van der Waals surface area (Å²) in [5.74, 6) is -0.0193. The molecule has 1 aromatic carbocycles. The zero-order chi connectivity index (χ0) is 13.1. The molecule has 0 spiro atoms. The lowest BCUT2D eigenvalue weighted by atomic mass is 9.94. The van der Waals surface area contributed by atoms with E-state index < -0.39 is 6.09 Å². The molecular formula is C13H17FN2O2. The molecule has 98 valence electrons. The molecule has 1 saturated heterocycles. The van der Waals surface area contributed by atoms with E-state index in [-0.39, 0.29) is 17.8 Å². The van der Waals surface area contributed by atoms with Gasteiger partial charge in [0, 0.05) is 24.8 Å². The van der Waals surface area contributed by atoms with Gasteiger partial charge in [0.15, 0.2) is 0 Å². The molecule has 0 unspecified atom stereocenters. The molecule has 0 aliphatic carbocycles. The second-order valence-corrected chi connectivity index (χ2v) is 4.75. The number of likely N-dealkylation sites (tertiary alicyclic amines) is 1. The van der Waals surface area contributed by atoms with E-state index in [1.807, 2.05) is 6.92 Å². The predicted molar refractivity (Wildman–Crippen MR) is 67.2 cm³/mol. The van der Waals surface area contributed by atoms with Crippen LogP contribution in [0.3, 0.4) is 0 Å². The monoisotopic (exact) mass is 252 g/mol. The summed E-state index contributed by atoms with van der Waals surface area (Å²) in [7, 11) is 0. The minimum absolute atomic E-state index is 0.228.